The number of nitrogens with zero attached hydrogens (tertiary/aromatic N) is 4. The van der Waals surface area contributed by atoms with E-state index in [1.807, 2.05) is 31.2 Å². The Morgan fingerprint density at radius 2 is 1.94 bits per heavy atom. The second kappa shape index (κ2) is 9.66. The average Bonchev–Trinajstić information content (AvgIpc) is 3.45. The van der Waals surface area contributed by atoms with Crippen molar-refractivity contribution in [2.75, 3.05) is 12.8 Å². The van der Waals surface area contributed by atoms with Crippen LogP contribution in [0.1, 0.15) is 36.9 Å². The smallest absolute Gasteiger partial charge is 0.277 e. The highest BCUT2D eigenvalue weighted by Gasteiger charge is 2.22. The summed E-state index contributed by atoms with van der Waals surface area (Å²) < 4.78 is 26.0. The highest BCUT2D eigenvalue weighted by atomic mass is 32.2. The maximum absolute atomic E-state index is 13.8. The molecule has 7 nitrogen and oxygen atoms in total. The van der Waals surface area contributed by atoms with Gasteiger partial charge in [-0.25, -0.2) is 9.37 Å². The third-order valence-electron chi connectivity index (χ3n) is 4.87. The molecule has 0 aliphatic heterocycles. The topological polar surface area (TPSA) is 81.4 Å². The number of thiazole rings is 1. The van der Waals surface area contributed by atoms with Gasteiger partial charge in [-0.05, 0) is 38.1 Å². The van der Waals surface area contributed by atoms with E-state index >= 15 is 0 Å². The summed E-state index contributed by atoms with van der Waals surface area (Å²) >= 11 is 2.72. The van der Waals surface area contributed by atoms with Crippen molar-refractivity contribution >= 4 is 39.2 Å². The zero-order valence-electron chi connectivity index (χ0n) is 17.7. The molecule has 0 bridgehead atoms. The van der Waals surface area contributed by atoms with Crippen molar-refractivity contribution in [3.63, 3.8) is 0 Å². The molecule has 166 valence electrons. The van der Waals surface area contributed by atoms with E-state index < -0.39 is 11.9 Å². The fourth-order valence-electron chi connectivity index (χ4n) is 2.90. The molecular formula is C22H21FN4O3S2. The van der Waals surface area contributed by atoms with E-state index in [4.69, 9.17) is 9.15 Å². The highest BCUT2D eigenvalue weighted by Crippen LogP contribution is 2.30. The van der Waals surface area contributed by atoms with Gasteiger partial charge in [-0.3, -0.25) is 4.79 Å². The zero-order valence-corrected chi connectivity index (χ0v) is 19.3. The van der Waals surface area contributed by atoms with Crippen molar-refractivity contribution < 1.29 is 18.3 Å². The molecule has 32 heavy (non-hydrogen) atoms. The molecule has 2 unspecified atom stereocenters. The van der Waals surface area contributed by atoms with Crippen LogP contribution in [-0.2, 0) is 4.79 Å². The molecule has 0 N–H and O–H groups in total. The number of benzene rings is 2. The summed E-state index contributed by atoms with van der Waals surface area (Å²) in [5, 5.41) is 9.04. The van der Waals surface area contributed by atoms with E-state index in [2.05, 4.69) is 15.2 Å². The van der Waals surface area contributed by atoms with E-state index in [1.165, 1.54) is 12.1 Å². The minimum atomic E-state index is -0.633. The molecule has 0 radical (unpaired) electrons. The Bertz CT molecular complexity index is 1200. The van der Waals surface area contributed by atoms with Gasteiger partial charge in [0.25, 0.3) is 11.1 Å². The standard InChI is InChI=1S/C22H21FN4O3S2/c1-13(21-24-16-9-5-7-11-18(16)32-21)27(3)19(28)12-31-22-26-25-20(30-22)14(2)29-17-10-6-4-8-15(17)23/h4-11,13-14H,12H2,1-3H3. The summed E-state index contributed by atoms with van der Waals surface area (Å²) in [6.07, 6.45) is -0.633. The molecule has 2 aromatic heterocycles. The molecule has 0 saturated heterocycles. The van der Waals surface area contributed by atoms with E-state index in [0.29, 0.717) is 0 Å². The van der Waals surface area contributed by atoms with Crippen LogP contribution in [0.2, 0.25) is 0 Å². The van der Waals surface area contributed by atoms with Crippen molar-refractivity contribution in [3.8, 4) is 5.75 Å². The van der Waals surface area contributed by atoms with Gasteiger partial charge in [0.1, 0.15) is 5.01 Å². The van der Waals surface area contributed by atoms with Crippen molar-refractivity contribution in [1.82, 2.24) is 20.1 Å². The third-order valence-corrected chi connectivity index (χ3v) is 6.88. The van der Waals surface area contributed by atoms with Crippen molar-refractivity contribution in [3.05, 3.63) is 65.2 Å². The van der Waals surface area contributed by atoms with Crippen molar-refractivity contribution in [2.24, 2.45) is 0 Å². The lowest BCUT2D eigenvalue weighted by atomic mass is 10.3. The van der Waals surface area contributed by atoms with Gasteiger partial charge in [0, 0.05) is 7.05 Å². The molecular weight excluding hydrogens is 451 g/mol. The Balaban J connectivity index is 1.33. The van der Waals surface area contributed by atoms with Gasteiger partial charge in [0.15, 0.2) is 17.7 Å². The van der Waals surface area contributed by atoms with Crippen LogP contribution in [0.15, 0.2) is 58.2 Å². The quantitative estimate of drug-likeness (QED) is 0.323. The first-order valence-corrected chi connectivity index (χ1v) is 11.7. The number of para-hydroxylation sites is 2. The van der Waals surface area contributed by atoms with Crippen LogP contribution in [0.5, 0.6) is 5.75 Å². The number of fused-ring (bicyclic) bond motifs is 1. The number of hydrogen-bond donors (Lipinski definition) is 0. The van der Waals surface area contributed by atoms with Gasteiger partial charge < -0.3 is 14.1 Å². The maximum Gasteiger partial charge on any atom is 0.277 e. The second-order valence-corrected chi connectivity index (χ2v) is 9.07. The second-order valence-electron chi connectivity index (χ2n) is 7.09. The Kier molecular flexibility index (Phi) is 6.71. The van der Waals surface area contributed by atoms with E-state index in [1.54, 1.807) is 42.3 Å². The lowest BCUT2D eigenvalue weighted by Crippen LogP contribution is -2.31. The molecule has 2 aromatic carbocycles. The number of aromatic nitrogens is 3. The van der Waals surface area contributed by atoms with Crippen LogP contribution >= 0.6 is 23.1 Å². The number of rotatable bonds is 8. The van der Waals surface area contributed by atoms with E-state index in [9.17, 15) is 9.18 Å². The number of carbonyl (C=O) groups excluding carboxylic acids is 1. The van der Waals surface area contributed by atoms with Gasteiger partial charge in [0.05, 0.1) is 22.0 Å². The Morgan fingerprint density at radius 3 is 2.72 bits per heavy atom. The molecule has 0 fully saturated rings. The number of carbonyl (C=O) groups is 1. The number of ether oxygens (including phenoxy) is 1. The number of thioether (sulfide) groups is 1. The van der Waals surface area contributed by atoms with Crippen LogP contribution in [-0.4, -0.2) is 38.8 Å². The van der Waals surface area contributed by atoms with Crippen LogP contribution in [0.3, 0.4) is 0 Å². The van der Waals surface area contributed by atoms with Gasteiger partial charge in [-0.1, -0.05) is 36.0 Å². The lowest BCUT2D eigenvalue weighted by Gasteiger charge is -2.22. The van der Waals surface area contributed by atoms with E-state index in [-0.39, 0.29) is 34.6 Å². The monoisotopic (exact) mass is 472 g/mol. The first-order chi connectivity index (χ1) is 15.4. The predicted molar refractivity (Wildman–Crippen MR) is 121 cm³/mol. The molecule has 0 aliphatic rings. The van der Waals surface area contributed by atoms with Crippen LogP contribution < -0.4 is 4.74 Å². The predicted octanol–water partition coefficient (Wildman–Crippen LogP) is 5.27. The molecule has 0 saturated carbocycles. The summed E-state index contributed by atoms with van der Waals surface area (Å²) in [5.41, 5.74) is 0.930. The van der Waals surface area contributed by atoms with Crippen molar-refractivity contribution in [2.45, 2.75) is 31.2 Å². The summed E-state index contributed by atoms with van der Waals surface area (Å²) in [6.45, 7) is 3.64. The van der Waals surface area contributed by atoms with Crippen molar-refractivity contribution in [1.29, 1.82) is 0 Å². The molecule has 4 rings (SSSR count). The Labute approximate surface area is 192 Å². The van der Waals surface area contributed by atoms with Gasteiger partial charge in [-0.15, -0.1) is 21.5 Å². The molecule has 2 heterocycles. The van der Waals surface area contributed by atoms with Gasteiger partial charge in [-0.2, -0.15) is 0 Å². The number of halogens is 1. The van der Waals surface area contributed by atoms with Gasteiger partial charge in [0.2, 0.25) is 5.91 Å². The SMILES string of the molecule is CC(Oc1ccccc1F)c1nnc(SCC(=O)N(C)C(C)c2nc3ccccc3s2)o1. The highest BCUT2D eigenvalue weighted by molar-refractivity contribution is 7.99. The maximum atomic E-state index is 13.8. The lowest BCUT2D eigenvalue weighted by molar-refractivity contribution is -0.128. The fraction of sp³-hybridized carbons (Fsp3) is 0.273. The minimum Gasteiger partial charge on any atom is -0.478 e. The molecule has 1 amide bonds. The Morgan fingerprint density at radius 1 is 1.19 bits per heavy atom. The van der Waals surface area contributed by atoms with Crippen LogP contribution in [0, 0.1) is 5.82 Å². The molecule has 10 heteroatoms. The van der Waals surface area contributed by atoms with Crippen LogP contribution in [0.4, 0.5) is 4.39 Å². The molecule has 0 spiro atoms. The molecule has 2 atom stereocenters. The minimum absolute atomic E-state index is 0.0860. The van der Waals surface area contributed by atoms with E-state index in [0.717, 1.165) is 27.0 Å². The number of hydrogen-bond acceptors (Lipinski definition) is 8. The number of amides is 1. The zero-order chi connectivity index (χ0) is 22.7. The van der Waals surface area contributed by atoms with Crippen LogP contribution in [0.25, 0.3) is 10.2 Å². The third kappa shape index (κ3) is 4.91. The largest absolute Gasteiger partial charge is 0.478 e. The fourth-order valence-corrected chi connectivity index (χ4v) is 4.66. The molecule has 0 aliphatic carbocycles. The summed E-state index contributed by atoms with van der Waals surface area (Å²) in [5.74, 6) is -0.107. The van der Waals surface area contributed by atoms with Gasteiger partial charge >= 0.3 is 0 Å². The first kappa shape index (κ1) is 22.2. The Hall–Kier alpha value is -2.98. The summed E-state index contributed by atoms with van der Waals surface area (Å²) in [6, 6.07) is 13.8. The molecule has 4 aromatic rings. The normalized spacial score (nSPS) is 13.1. The first-order valence-electron chi connectivity index (χ1n) is 9.91. The summed E-state index contributed by atoms with van der Waals surface area (Å²) in [4.78, 5) is 19.0. The summed E-state index contributed by atoms with van der Waals surface area (Å²) in [7, 11) is 1.75. The average molecular weight is 473 g/mol.